The summed E-state index contributed by atoms with van der Waals surface area (Å²) in [7, 11) is 0. The van der Waals surface area contributed by atoms with Gasteiger partial charge < -0.3 is 0 Å². The lowest BCUT2D eigenvalue weighted by molar-refractivity contribution is -0.137. The predicted molar refractivity (Wildman–Crippen MR) is 107 cm³/mol. The van der Waals surface area contributed by atoms with E-state index in [0.717, 1.165) is 36.7 Å². The number of benzene rings is 1. The van der Waals surface area contributed by atoms with E-state index in [0.29, 0.717) is 24.2 Å². The molecule has 156 valence electrons. The van der Waals surface area contributed by atoms with Crippen molar-refractivity contribution in [3.8, 4) is 5.82 Å². The summed E-state index contributed by atoms with van der Waals surface area (Å²) in [6.07, 6.45) is -0.944. The Morgan fingerprint density at radius 1 is 1.13 bits per heavy atom. The van der Waals surface area contributed by atoms with E-state index in [-0.39, 0.29) is 10.7 Å². The topological polar surface area (TPSA) is 47.8 Å². The third-order valence-electron chi connectivity index (χ3n) is 5.31. The van der Waals surface area contributed by atoms with Crippen LogP contribution in [0.3, 0.4) is 0 Å². The molecule has 0 spiro atoms. The van der Waals surface area contributed by atoms with Crippen molar-refractivity contribution < 1.29 is 18.0 Å². The van der Waals surface area contributed by atoms with Crippen LogP contribution in [0, 0.1) is 0 Å². The molecule has 0 atom stereocenters. The molecule has 0 aliphatic heterocycles. The largest absolute Gasteiger partial charge is 0.417 e. The molecular formula is C22H19ClF3N3O. The molecule has 0 saturated heterocycles. The number of carbonyl (C=O) groups excluding carboxylic acids is 1. The number of rotatable bonds is 4. The molecule has 1 aliphatic rings. The van der Waals surface area contributed by atoms with Crippen LogP contribution < -0.4 is 0 Å². The summed E-state index contributed by atoms with van der Waals surface area (Å²) < 4.78 is 42.3. The van der Waals surface area contributed by atoms with E-state index in [9.17, 15) is 18.0 Å². The number of aromatic nitrogens is 3. The molecule has 1 aromatic carbocycles. The van der Waals surface area contributed by atoms with Gasteiger partial charge in [0.1, 0.15) is 5.69 Å². The van der Waals surface area contributed by atoms with E-state index >= 15 is 0 Å². The molecule has 30 heavy (non-hydrogen) atoms. The maximum absolute atomic E-state index is 13.6. The number of halogens is 4. The van der Waals surface area contributed by atoms with Crippen molar-refractivity contribution in [3.63, 3.8) is 0 Å². The van der Waals surface area contributed by atoms with Gasteiger partial charge >= 0.3 is 6.18 Å². The number of nitrogens with zero attached hydrogens (tertiary/aromatic N) is 3. The van der Waals surface area contributed by atoms with Crippen molar-refractivity contribution >= 4 is 17.4 Å². The molecule has 3 aromatic rings. The van der Waals surface area contributed by atoms with Crippen molar-refractivity contribution in [2.24, 2.45) is 0 Å². The number of carbonyl (C=O) groups is 1. The summed E-state index contributed by atoms with van der Waals surface area (Å²) in [5.41, 5.74) is 0.789. The molecule has 1 aliphatic carbocycles. The molecule has 0 saturated carbocycles. The average molecular weight is 434 g/mol. The molecular weight excluding hydrogens is 415 g/mol. The first-order chi connectivity index (χ1) is 14.3. The fourth-order valence-corrected chi connectivity index (χ4v) is 4.12. The highest BCUT2D eigenvalue weighted by Gasteiger charge is 2.38. The lowest BCUT2D eigenvalue weighted by Crippen LogP contribution is -2.16. The van der Waals surface area contributed by atoms with Gasteiger partial charge in [-0.15, -0.1) is 0 Å². The lowest BCUT2D eigenvalue weighted by Gasteiger charge is -2.15. The summed E-state index contributed by atoms with van der Waals surface area (Å²) in [5, 5.41) is 4.22. The molecule has 2 aromatic heterocycles. The van der Waals surface area contributed by atoms with E-state index in [1.165, 1.54) is 12.1 Å². The minimum Gasteiger partial charge on any atom is -0.287 e. The van der Waals surface area contributed by atoms with Gasteiger partial charge in [0.2, 0.25) is 5.78 Å². The highest BCUT2D eigenvalue weighted by molar-refractivity contribution is 6.35. The second-order valence-corrected chi connectivity index (χ2v) is 7.63. The van der Waals surface area contributed by atoms with Gasteiger partial charge in [-0.25, -0.2) is 9.67 Å². The van der Waals surface area contributed by atoms with Gasteiger partial charge in [-0.2, -0.15) is 18.3 Å². The van der Waals surface area contributed by atoms with Gasteiger partial charge in [-0.3, -0.25) is 4.79 Å². The monoisotopic (exact) mass is 433 g/mol. The number of hydrogen-bond acceptors (Lipinski definition) is 3. The molecule has 0 amide bonds. The van der Waals surface area contributed by atoms with Crippen LogP contribution in [-0.2, 0) is 25.4 Å². The molecule has 0 unspecified atom stereocenters. The van der Waals surface area contributed by atoms with Gasteiger partial charge in [0.05, 0.1) is 16.1 Å². The summed E-state index contributed by atoms with van der Waals surface area (Å²) >= 11 is 6.06. The average Bonchev–Trinajstić information content (AvgIpc) is 3.12. The number of pyridine rings is 1. The first-order valence-corrected chi connectivity index (χ1v) is 10.2. The predicted octanol–water partition coefficient (Wildman–Crippen LogP) is 5.61. The van der Waals surface area contributed by atoms with Gasteiger partial charge in [0, 0.05) is 17.0 Å². The SMILES string of the molecule is CCc1cccc(-n2nc(C(=O)c3c(Cl)cccc3C(F)(F)F)c3c2CCCC3)n1. The molecule has 0 N–H and O–H groups in total. The van der Waals surface area contributed by atoms with E-state index in [2.05, 4.69) is 10.1 Å². The second-order valence-electron chi connectivity index (χ2n) is 7.22. The minimum atomic E-state index is -4.70. The highest BCUT2D eigenvalue weighted by atomic mass is 35.5. The second kappa shape index (κ2) is 7.87. The Balaban J connectivity index is 1.89. The number of alkyl halides is 3. The third kappa shape index (κ3) is 3.62. The molecule has 8 heteroatoms. The fraction of sp³-hybridized carbons (Fsp3) is 0.318. The minimum absolute atomic E-state index is 0.0204. The molecule has 2 heterocycles. The van der Waals surface area contributed by atoms with Crippen LogP contribution in [0.25, 0.3) is 5.82 Å². The first-order valence-electron chi connectivity index (χ1n) is 9.78. The third-order valence-corrected chi connectivity index (χ3v) is 5.63. The van der Waals surface area contributed by atoms with Crippen LogP contribution in [0.4, 0.5) is 13.2 Å². The Morgan fingerprint density at radius 2 is 1.87 bits per heavy atom. The van der Waals surface area contributed by atoms with Gasteiger partial charge in [-0.1, -0.05) is 30.7 Å². The quantitative estimate of drug-likeness (QED) is 0.502. The van der Waals surface area contributed by atoms with E-state index in [1.807, 2.05) is 19.1 Å². The van der Waals surface area contributed by atoms with Crippen molar-refractivity contribution in [2.75, 3.05) is 0 Å². The zero-order chi connectivity index (χ0) is 21.5. The maximum atomic E-state index is 13.6. The van der Waals surface area contributed by atoms with Gasteiger partial charge in [-0.05, 0) is 56.4 Å². The fourth-order valence-electron chi connectivity index (χ4n) is 3.86. The van der Waals surface area contributed by atoms with Crippen molar-refractivity contribution in [3.05, 3.63) is 75.2 Å². The van der Waals surface area contributed by atoms with Crippen LogP contribution in [-0.4, -0.2) is 20.5 Å². The van der Waals surface area contributed by atoms with E-state index < -0.39 is 23.1 Å². The van der Waals surface area contributed by atoms with E-state index in [1.54, 1.807) is 10.7 Å². The number of fused-ring (bicyclic) bond motifs is 1. The summed E-state index contributed by atoms with van der Waals surface area (Å²) in [5.74, 6) is -0.252. The van der Waals surface area contributed by atoms with Gasteiger partial charge in [0.15, 0.2) is 5.82 Å². The summed E-state index contributed by atoms with van der Waals surface area (Å²) in [6, 6.07) is 8.89. The van der Waals surface area contributed by atoms with Crippen LogP contribution in [0.1, 0.15) is 58.3 Å². The maximum Gasteiger partial charge on any atom is 0.417 e. The van der Waals surface area contributed by atoms with Crippen LogP contribution in [0.5, 0.6) is 0 Å². The normalized spacial score (nSPS) is 13.9. The Morgan fingerprint density at radius 3 is 2.60 bits per heavy atom. The number of hydrogen-bond donors (Lipinski definition) is 0. The van der Waals surface area contributed by atoms with E-state index in [4.69, 9.17) is 11.6 Å². The summed E-state index contributed by atoms with van der Waals surface area (Å²) in [4.78, 5) is 17.9. The van der Waals surface area contributed by atoms with Crippen LogP contribution >= 0.6 is 11.6 Å². The molecule has 0 bridgehead atoms. The van der Waals surface area contributed by atoms with Crippen molar-refractivity contribution in [1.82, 2.24) is 14.8 Å². The van der Waals surface area contributed by atoms with Crippen LogP contribution in [0.2, 0.25) is 5.02 Å². The zero-order valence-electron chi connectivity index (χ0n) is 16.3. The molecule has 0 radical (unpaired) electrons. The molecule has 4 nitrogen and oxygen atoms in total. The summed E-state index contributed by atoms with van der Waals surface area (Å²) in [6.45, 7) is 1.98. The standard InChI is InChI=1S/C22H19ClF3N3O/c1-2-13-7-5-12-18(27-13)29-17-11-4-3-8-14(17)20(28-29)21(30)19-15(22(24,25)26)9-6-10-16(19)23/h5-7,9-10,12H,2-4,8,11H2,1H3. The highest BCUT2D eigenvalue weighted by Crippen LogP contribution is 2.37. The Bertz CT molecular complexity index is 1120. The Hall–Kier alpha value is -2.67. The molecule has 0 fully saturated rings. The first kappa shape index (κ1) is 20.6. The van der Waals surface area contributed by atoms with Crippen molar-refractivity contribution in [2.45, 2.75) is 45.2 Å². The Labute approximate surface area is 176 Å². The van der Waals surface area contributed by atoms with Crippen LogP contribution in [0.15, 0.2) is 36.4 Å². The number of aryl methyl sites for hydroxylation is 1. The number of ketones is 1. The zero-order valence-corrected chi connectivity index (χ0v) is 17.0. The van der Waals surface area contributed by atoms with Crippen molar-refractivity contribution in [1.29, 1.82) is 0 Å². The smallest absolute Gasteiger partial charge is 0.287 e. The van der Waals surface area contributed by atoms with Gasteiger partial charge in [0.25, 0.3) is 0 Å². The lowest BCUT2D eigenvalue weighted by atomic mass is 9.92. The molecule has 4 rings (SSSR count). The Kier molecular flexibility index (Phi) is 5.40.